The molecule has 0 heterocycles. The Labute approximate surface area is 103 Å². The van der Waals surface area contributed by atoms with E-state index in [0.29, 0.717) is 13.0 Å². The summed E-state index contributed by atoms with van der Waals surface area (Å²) in [4.78, 5) is 11.5. The van der Waals surface area contributed by atoms with Crippen molar-refractivity contribution < 1.29 is 4.79 Å². The number of rotatable bonds is 7. The van der Waals surface area contributed by atoms with Crippen molar-refractivity contribution in [1.82, 2.24) is 5.32 Å². The maximum absolute atomic E-state index is 11.5. The lowest BCUT2D eigenvalue weighted by Crippen LogP contribution is -2.52. The summed E-state index contributed by atoms with van der Waals surface area (Å²) in [5, 5.41) is 3.04. The molecule has 0 aliphatic carbocycles. The molecule has 15 heavy (non-hydrogen) atoms. The van der Waals surface area contributed by atoms with Gasteiger partial charge in [0.2, 0.25) is 5.91 Å². The molecule has 5 heteroatoms. The van der Waals surface area contributed by atoms with Gasteiger partial charge in [0, 0.05) is 18.7 Å². The highest BCUT2D eigenvalue weighted by molar-refractivity contribution is 7.98. The largest absolute Gasteiger partial charge is 0.349 e. The summed E-state index contributed by atoms with van der Waals surface area (Å²) < 4.78 is 0. The predicted molar refractivity (Wildman–Crippen MR) is 70.8 cm³/mol. The van der Waals surface area contributed by atoms with Gasteiger partial charge in [-0.15, -0.1) is 12.4 Å². The first-order chi connectivity index (χ1) is 6.64. The standard InChI is InChI=1S/C10H22N2OS.ClH/c1-4-10(5-2,8-11)12-9(13)6-7-14-3;/h4-8,11H2,1-3H3,(H,12,13);1H. The second kappa shape index (κ2) is 9.31. The predicted octanol–water partition coefficient (Wildman–Crippen LogP) is 1.79. The van der Waals surface area contributed by atoms with E-state index in [-0.39, 0.29) is 23.9 Å². The second-order valence-corrected chi connectivity index (χ2v) is 4.47. The molecule has 0 unspecified atom stereocenters. The monoisotopic (exact) mass is 254 g/mol. The molecule has 3 N–H and O–H groups in total. The first-order valence-electron chi connectivity index (χ1n) is 5.14. The minimum atomic E-state index is -0.185. The molecule has 0 aromatic rings. The SMILES string of the molecule is CCC(CC)(CN)NC(=O)CCSC.Cl. The highest BCUT2D eigenvalue weighted by atomic mass is 35.5. The van der Waals surface area contributed by atoms with Gasteiger partial charge in [-0.25, -0.2) is 0 Å². The van der Waals surface area contributed by atoms with E-state index in [1.54, 1.807) is 11.8 Å². The molecule has 0 bridgehead atoms. The molecule has 0 aromatic heterocycles. The molecule has 0 radical (unpaired) electrons. The lowest BCUT2D eigenvalue weighted by atomic mass is 9.93. The summed E-state index contributed by atoms with van der Waals surface area (Å²) in [6, 6.07) is 0. The van der Waals surface area contributed by atoms with E-state index in [2.05, 4.69) is 19.2 Å². The molecule has 0 fully saturated rings. The first-order valence-corrected chi connectivity index (χ1v) is 6.53. The Kier molecular flexibility index (Phi) is 10.8. The van der Waals surface area contributed by atoms with Gasteiger partial charge in [-0.05, 0) is 19.1 Å². The number of nitrogens with one attached hydrogen (secondary N) is 1. The molecule has 0 aromatic carbocycles. The smallest absolute Gasteiger partial charge is 0.221 e. The highest BCUT2D eigenvalue weighted by Crippen LogP contribution is 2.13. The van der Waals surface area contributed by atoms with Crippen molar-refractivity contribution in [2.24, 2.45) is 5.73 Å². The van der Waals surface area contributed by atoms with Gasteiger partial charge in [0.25, 0.3) is 0 Å². The quantitative estimate of drug-likeness (QED) is 0.729. The van der Waals surface area contributed by atoms with E-state index in [0.717, 1.165) is 18.6 Å². The zero-order valence-corrected chi connectivity index (χ0v) is 11.5. The van der Waals surface area contributed by atoms with Gasteiger partial charge in [0.05, 0.1) is 5.54 Å². The molecule has 0 saturated heterocycles. The van der Waals surface area contributed by atoms with Crippen molar-refractivity contribution in [3.63, 3.8) is 0 Å². The number of hydrogen-bond donors (Lipinski definition) is 2. The molecule has 0 aliphatic heterocycles. The van der Waals surface area contributed by atoms with Crippen molar-refractivity contribution in [3.05, 3.63) is 0 Å². The fraction of sp³-hybridized carbons (Fsp3) is 0.900. The van der Waals surface area contributed by atoms with E-state index in [1.165, 1.54) is 0 Å². The minimum absolute atomic E-state index is 0. The van der Waals surface area contributed by atoms with Crippen LogP contribution in [0.3, 0.4) is 0 Å². The molecule has 92 valence electrons. The molecular formula is C10H23ClN2OS. The summed E-state index contributed by atoms with van der Waals surface area (Å²) >= 11 is 1.69. The van der Waals surface area contributed by atoms with Crippen LogP contribution in [-0.4, -0.2) is 30.0 Å². The lowest BCUT2D eigenvalue weighted by Gasteiger charge is -2.31. The maximum atomic E-state index is 11.5. The van der Waals surface area contributed by atoms with E-state index in [4.69, 9.17) is 5.73 Å². The second-order valence-electron chi connectivity index (χ2n) is 3.48. The Bertz CT molecular complexity index is 167. The van der Waals surface area contributed by atoms with Gasteiger partial charge in [-0.3, -0.25) is 4.79 Å². The molecule has 0 atom stereocenters. The van der Waals surface area contributed by atoms with Crippen LogP contribution in [0.25, 0.3) is 0 Å². The van der Waals surface area contributed by atoms with Crippen molar-refractivity contribution >= 4 is 30.1 Å². The molecule has 0 spiro atoms. The average molecular weight is 255 g/mol. The third-order valence-electron chi connectivity index (χ3n) is 2.68. The van der Waals surface area contributed by atoms with Crippen molar-refractivity contribution in [3.8, 4) is 0 Å². The zero-order chi connectivity index (χ0) is 11.0. The topological polar surface area (TPSA) is 55.1 Å². The first kappa shape index (κ1) is 17.5. The maximum Gasteiger partial charge on any atom is 0.221 e. The number of halogens is 1. The highest BCUT2D eigenvalue weighted by Gasteiger charge is 2.25. The van der Waals surface area contributed by atoms with E-state index in [1.807, 2.05) is 6.26 Å². The average Bonchev–Trinajstić information content (AvgIpc) is 2.23. The van der Waals surface area contributed by atoms with Crippen LogP contribution >= 0.6 is 24.2 Å². The van der Waals surface area contributed by atoms with Gasteiger partial charge in [0.15, 0.2) is 0 Å². The van der Waals surface area contributed by atoms with Crippen LogP contribution in [0.2, 0.25) is 0 Å². The van der Waals surface area contributed by atoms with E-state index < -0.39 is 0 Å². The summed E-state index contributed by atoms with van der Waals surface area (Å²) in [7, 11) is 0. The third kappa shape index (κ3) is 6.28. The number of carbonyl (C=O) groups excluding carboxylic acids is 1. The minimum Gasteiger partial charge on any atom is -0.349 e. The molecule has 0 saturated carbocycles. The Hall–Kier alpha value is 0.0700. The van der Waals surface area contributed by atoms with Crippen molar-refractivity contribution in [2.45, 2.75) is 38.6 Å². The van der Waals surface area contributed by atoms with Crippen molar-refractivity contribution in [2.75, 3.05) is 18.6 Å². The zero-order valence-electron chi connectivity index (χ0n) is 9.84. The summed E-state index contributed by atoms with van der Waals surface area (Å²) in [6.45, 7) is 4.64. The number of thioether (sulfide) groups is 1. The van der Waals surface area contributed by atoms with Gasteiger partial charge in [-0.1, -0.05) is 13.8 Å². The van der Waals surface area contributed by atoms with Crippen LogP contribution < -0.4 is 11.1 Å². The lowest BCUT2D eigenvalue weighted by molar-refractivity contribution is -0.122. The van der Waals surface area contributed by atoms with Gasteiger partial charge >= 0.3 is 0 Å². The molecule has 3 nitrogen and oxygen atoms in total. The summed E-state index contributed by atoms with van der Waals surface area (Å²) in [5.41, 5.74) is 5.50. The number of carbonyl (C=O) groups is 1. The fourth-order valence-corrected chi connectivity index (χ4v) is 1.71. The normalized spacial score (nSPS) is 10.7. The fourth-order valence-electron chi connectivity index (χ4n) is 1.32. The van der Waals surface area contributed by atoms with Crippen LogP contribution in [0.15, 0.2) is 0 Å². The summed E-state index contributed by atoms with van der Waals surface area (Å²) in [5.74, 6) is 0.994. The van der Waals surface area contributed by atoms with E-state index >= 15 is 0 Å². The Balaban J connectivity index is 0. The Morgan fingerprint density at radius 1 is 1.40 bits per heavy atom. The Morgan fingerprint density at radius 2 is 1.93 bits per heavy atom. The van der Waals surface area contributed by atoms with Gasteiger partial charge < -0.3 is 11.1 Å². The van der Waals surface area contributed by atoms with Crippen LogP contribution in [0, 0.1) is 0 Å². The van der Waals surface area contributed by atoms with Crippen molar-refractivity contribution in [1.29, 1.82) is 0 Å². The third-order valence-corrected chi connectivity index (χ3v) is 3.29. The number of amides is 1. The summed E-state index contributed by atoms with van der Waals surface area (Å²) in [6.07, 6.45) is 4.38. The molecular weight excluding hydrogens is 232 g/mol. The van der Waals surface area contributed by atoms with Gasteiger partial charge in [0.1, 0.15) is 0 Å². The molecule has 0 rings (SSSR count). The number of hydrogen-bond acceptors (Lipinski definition) is 3. The van der Waals surface area contributed by atoms with Crippen LogP contribution in [-0.2, 0) is 4.79 Å². The van der Waals surface area contributed by atoms with Crippen LogP contribution in [0.1, 0.15) is 33.1 Å². The molecule has 1 amide bonds. The van der Waals surface area contributed by atoms with Crippen LogP contribution in [0.5, 0.6) is 0 Å². The van der Waals surface area contributed by atoms with Crippen LogP contribution in [0.4, 0.5) is 0 Å². The van der Waals surface area contributed by atoms with Gasteiger partial charge in [-0.2, -0.15) is 11.8 Å². The molecule has 0 aliphatic rings. The Morgan fingerprint density at radius 3 is 2.27 bits per heavy atom. The van der Waals surface area contributed by atoms with E-state index in [9.17, 15) is 4.79 Å². The number of nitrogens with two attached hydrogens (primary N) is 1.